The molecular weight excluding hydrogens is 1630 g/mol. The van der Waals surface area contributed by atoms with Crippen LogP contribution in [-0.4, -0.2) is 67.3 Å². The van der Waals surface area contributed by atoms with Crippen LogP contribution in [0.4, 0.5) is 0 Å². The van der Waals surface area contributed by atoms with Gasteiger partial charge in [-0.3, -0.25) is 29.8 Å². The number of hydrogen-bond donors (Lipinski definition) is 1. The van der Waals surface area contributed by atoms with Gasteiger partial charge in [0.15, 0.2) is 0 Å². The number of nitrogens with zero attached hydrogens (tertiary/aromatic N) is 6. The third kappa shape index (κ3) is 38.9. The molecule has 338 valence electrons. The predicted octanol–water partition coefficient (Wildman–Crippen LogP) is 8.46. The maximum absolute atomic E-state index is 10.3. The smallest absolute Gasteiger partial charge is 0.693 e. The molecule has 0 aromatic carbocycles. The molecule has 19 nitrogen and oxygen atoms in total. The normalized spacial score (nSPS) is 13.5. The van der Waals surface area contributed by atoms with Gasteiger partial charge in [0.2, 0.25) is 0 Å². The molecule has 4 amide bonds. The van der Waals surface area contributed by atoms with E-state index in [9.17, 15) is 24.0 Å². The number of hydrogen-bond acceptors (Lipinski definition) is 12. The summed E-state index contributed by atoms with van der Waals surface area (Å²) in [5.74, 6) is -2.02. The molecule has 0 aliphatic carbocycles. The minimum absolute atomic E-state index is 0. The van der Waals surface area contributed by atoms with Crippen LogP contribution >= 0.6 is 73.9 Å². The third-order valence-corrected chi connectivity index (χ3v) is 7.89. The number of nitrogens with two attached hydrogens (primary N) is 2. The molecule has 0 bridgehead atoms. The number of allylic oxidation sites excluding steroid dienone is 2. The van der Waals surface area contributed by atoms with Gasteiger partial charge in [-0.05, 0) is 12.5 Å². The molecule has 8 atom stereocenters. The Morgan fingerprint density at radius 3 is 1.05 bits per heavy atom. The maximum Gasteiger partial charge on any atom is 2.00 e. The van der Waals surface area contributed by atoms with Gasteiger partial charge >= 0.3 is 84.3 Å². The number of carbonyl (C=O) groups is 5. The van der Waals surface area contributed by atoms with Gasteiger partial charge in [0.05, 0.1) is 41.7 Å². The first-order valence-electron chi connectivity index (χ1n) is 15.2. The van der Waals surface area contributed by atoms with Crippen molar-refractivity contribution in [1.29, 1.82) is 0 Å². The van der Waals surface area contributed by atoms with E-state index in [1.807, 2.05) is 6.20 Å². The maximum atomic E-state index is 10.3. The second kappa shape index (κ2) is 47.2. The molecule has 5 aliphatic rings. The summed E-state index contributed by atoms with van der Waals surface area (Å²) in [7, 11) is 18.9. The van der Waals surface area contributed by atoms with Crippen molar-refractivity contribution in [2.24, 2.45) is 25.0 Å². The molecule has 0 saturated carbocycles. The first-order chi connectivity index (χ1) is 26.4. The van der Waals surface area contributed by atoms with Crippen molar-refractivity contribution in [3.05, 3.63) is 120 Å². The summed E-state index contributed by atoms with van der Waals surface area (Å²) < 4.78 is 4.53. The summed E-state index contributed by atoms with van der Waals surface area (Å²) in [4.78, 5) is 76.6. The number of imidazole rings is 1. The number of aromatic amines is 1. The van der Waals surface area contributed by atoms with Crippen molar-refractivity contribution >= 4 is 137 Å². The zero-order valence-electron chi connectivity index (χ0n) is 33.0. The number of aliphatic imine (C=N–C) groups is 5. The molecule has 31 heteroatoms. The number of aromatic nitrogens is 2. The fraction of sp³-hybridized carbons (Fsp3) is 0.194. The summed E-state index contributed by atoms with van der Waals surface area (Å²) in [6.07, 6.45) is 12.3. The van der Waals surface area contributed by atoms with Gasteiger partial charge in [-0.2, -0.15) is 0 Å². The zero-order chi connectivity index (χ0) is 43.4. The van der Waals surface area contributed by atoms with Gasteiger partial charge in [0.25, 0.3) is 6.47 Å². The molecule has 0 spiro atoms. The Hall–Kier alpha value is -0.277. The van der Waals surface area contributed by atoms with Gasteiger partial charge in [-0.15, -0.1) is 0 Å². The van der Waals surface area contributed by atoms with E-state index in [0.29, 0.717) is 60.2 Å². The molecule has 1 aromatic heterocycles. The van der Waals surface area contributed by atoms with Gasteiger partial charge in [0, 0.05) is 101 Å². The number of rotatable bonds is 6. The van der Waals surface area contributed by atoms with Gasteiger partial charge in [-0.25, -0.2) is 4.98 Å². The summed E-state index contributed by atoms with van der Waals surface area (Å²) in [5.41, 5.74) is 34.7. The molecule has 9 N–H and O–H groups in total. The van der Waals surface area contributed by atoms with E-state index in [4.69, 9.17) is 22.9 Å². The number of ether oxygens (including phenoxy) is 1. The summed E-state index contributed by atoms with van der Waals surface area (Å²) in [5, 5.41) is 0. The van der Waals surface area contributed by atoms with Crippen molar-refractivity contribution in [3.8, 4) is 0 Å². The van der Waals surface area contributed by atoms with Gasteiger partial charge in [0.1, 0.15) is 11.3 Å². The molecule has 0 fully saturated rings. The molecule has 1 aromatic rings. The summed E-state index contributed by atoms with van der Waals surface area (Å²) >= 11 is 0. The van der Waals surface area contributed by atoms with E-state index in [0.717, 1.165) is 33.7 Å². The van der Waals surface area contributed by atoms with Crippen LogP contribution in [0.1, 0.15) is 49.5 Å². The zero-order valence-corrected chi connectivity index (χ0v) is 54.0. The molecule has 6 rings (SSSR count). The molecular formula is C31H49N13O6P8W4. The Balaban J connectivity index is -0.0000000909. The average Bonchev–Trinajstić information content (AvgIpc) is 4.02. The molecule has 0 saturated heterocycles. The van der Waals surface area contributed by atoms with Crippen LogP contribution in [-0.2, 0) is 108 Å². The van der Waals surface area contributed by atoms with E-state index in [-0.39, 0.29) is 102 Å². The fourth-order valence-corrected chi connectivity index (χ4v) is 5.12. The van der Waals surface area contributed by atoms with E-state index < -0.39 is 23.6 Å². The molecule has 8 unspecified atom stereocenters. The first-order valence-corrected chi connectivity index (χ1v) is 20.3. The van der Waals surface area contributed by atoms with Crippen LogP contribution < -0.4 is 5.57 Å². The van der Waals surface area contributed by atoms with Crippen molar-refractivity contribution in [2.45, 2.75) is 39.0 Å². The minimum Gasteiger partial charge on any atom is -0.693 e. The molecule has 6 heterocycles. The van der Waals surface area contributed by atoms with E-state index in [1.54, 1.807) is 0 Å². The van der Waals surface area contributed by atoms with Crippen LogP contribution in [0.3, 0.4) is 0 Å². The Morgan fingerprint density at radius 1 is 0.581 bits per heavy atom. The predicted molar refractivity (Wildman–Crippen MR) is 267 cm³/mol. The van der Waals surface area contributed by atoms with Crippen LogP contribution in [0, 0.1) is 13.3 Å². The summed E-state index contributed by atoms with van der Waals surface area (Å²) in [6, 6.07) is 0. The Labute approximate surface area is 439 Å². The monoisotopic (exact) mass is 1680 g/mol. The average molecular weight is 1680 g/mol. The van der Waals surface area contributed by atoms with Crippen LogP contribution in [0.2, 0.25) is 0 Å². The Morgan fingerprint density at radius 2 is 0.903 bits per heavy atom. The number of H-pyrrole nitrogens is 1. The van der Waals surface area contributed by atoms with Crippen LogP contribution in [0.25, 0.3) is 35.2 Å². The quantitative estimate of drug-likeness (QED) is 0.164. The first kappa shape index (κ1) is 78.9. The standard InChI is InChI=1S/3C5H7N2OP.C5H6NO2P.C5H8NP.C4H6N3OP.2CH4P.2H2N.4W/c3*6-5(8)3-1-4(9)7-2-3;7-3-8-4-1-5(9)6-2-4;1-4-2-5(7)6-3-4;5-3(8)2-1-6-4(9)7-2;2*1-2;;;;;;/h3*2H,1,9H2,(H2,6,8);2-3H,1,9H2;3H,2,7H2,1H3;1H,9H2,(H3,5,6,7,8);2*1-2H2;2*1H2;;;;/q;;;;;;4*-1;4*+2/p-4. The van der Waals surface area contributed by atoms with E-state index in [1.165, 1.54) is 36.6 Å². The van der Waals surface area contributed by atoms with Crippen molar-refractivity contribution in [3.63, 3.8) is 0 Å². The largest absolute Gasteiger partial charge is 2.00 e. The number of carbonyl (C=O) groups excluding carboxylic acids is 5. The van der Waals surface area contributed by atoms with Crippen molar-refractivity contribution in [1.82, 2.24) is 9.97 Å². The minimum atomic E-state index is -0.740. The van der Waals surface area contributed by atoms with Crippen LogP contribution in [0.15, 0.2) is 90.2 Å². The Kier molecular flexibility index (Phi) is 60.1. The van der Waals surface area contributed by atoms with Gasteiger partial charge < -0.3 is 95.9 Å². The molecule has 62 heavy (non-hydrogen) atoms. The number of nitrogens with one attached hydrogen (secondary N) is 5. The Bertz CT molecular complexity index is 1760. The van der Waals surface area contributed by atoms with Crippen molar-refractivity contribution < 1.29 is 113 Å². The van der Waals surface area contributed by atoms with Crippen LogP contribution in [0.5, 0.6) is 0 Å². The second-order valence-corrected chi connectivity index (χ2v) is 14.1. The van der Waals surface area contributed by atoms with E-state index in [2.05, 4.69) is 134 Å². The van der Waals surface area contributed by atoms with E-state index >= 15 is 0 Å². The number of amides is 4. The molecule has 0 radical (unpaired) electrons. The molecule has 5 aliphatic heterocycles. The topological polar surface area (TPSA) is 347 Å². The second-order valence-electron chi connectivity index (χ2n) is 10.2. The SMILES string of the molecule is CC1=CN=C(P)C1.O=COC1=CN=C(P)C1.[CH2-]P.[CH2-]P.[NH-]C(=O)C1=CN=C(P)C1.[NH-]C(=O)C1=CN=C(P)C1.[NH-]C(=O)C1=CN=C(P)C1.[NH-]C(=O)c1cnc(P)[nH]1.[NH2-].[NH2-].[W+2].[W+2].[W+2].[W+2]. The van der Waals surface area contributed by atoms with Crippen molar-refractivity contribution in [2.75, 3.05) is 0 Å². The fourth-order valence-electron chi connectivity index (χ4n) is 3.34. The van der Waals surface area contributed by atoms with Gasteiger partial charge in [-0.1, -0.05) is 55.4 Å². The summed E-state index contributed by atoms with van der Waals surface area (Å²) in [6.45, 7) is 8.82. The third-order valence-electron chi connectivity index (χ3n) is 5.83.